The summed E-state index contributed by atoms with van der Waals surface area (Å²) >= 11 is 0. The fourth-order valence-electron chi connectivity index (χ4n) is 2.61. The van der Waals surface area contributed by atoms with Gasteiger partial charge in [0.1, 0.15) is 18.1 Å². The summed E-state index contributed by atoms with van der Waals surface area (Å²) in [7, 11) is 0. The van der Waals surface area contributed by atoms with Crippen LogP contribution in [0, 0.1) is 11.8 Å². The molecule has 0 aliphatic heterocycles. The van der Waals surface area contributed by atoms with Crippen molar-refractivity contribution in [2.24, 2.45) is 17.6 Å². The van der Waals surface area contributed by atoms with Crippen molar-refractivity contribution in [1.29, 1.82) is 0 Å². The van der Waals surface area contributed by atoms with Crippen molar-refractivity contribution >= 4 is 29.7 Å². The van der Waals surface area contributed by atoms with Gasteiger partial charge in [0, 0.05) is 0 Å². The van der Waals surface area contributed by atoms with Crippen LogP contribution >= 0.6 is 0 Å². The third-order valence-electron chi connectivity index (χ3n) is 4.14. The first kappa shape index (κ1) is 27.3. The van der Waals surface area contributed by atoms with E-state index in [1.54, 1.807) is 0 Å². The molecule has 0 radical (unpaired) electrons. The first-order valence-electron chi connectivity index (χ1n) is 9.85. The van der Waals surface area contributed by atoms with E-state index in [1.807, 2.05) is 27.7 Å². The maximum Gasteiger partial charge on any atom is 0.325 e. The summed E-state index contributed by atoms with van der Waals surface area (Å²) in [6.07, 6.45) is -0.100. The molecule has 4 atom stereocenters. The van der Waals surface area contributed by atoms with Gasteiger partial charge in [0.2, 0.25) is 17.7 Å². The Hall–Kier alpha value is -2.69. The van der Waals surface area contributed by atoms with Crippen LogP contribution in [0.2, 0.25) is 0 Å². The molecule has 30 heavy (non-hydrogen) atoms. The summed E-state index contributed by atoms with van der Waals surface area (Å²) in [5, 5.41) is 25.1. The Morgan fingerprint density at radius 1 is 0.733 bits per heavy atom. The topological polar surface area (TPSA) is 188 Å². The monoisotopic (exact) mass is 430 g/mol. The van der Waals surface area contributed by atoms with Gasteiger partial charge >= 0.3 is 11.9 Å². The van der Waals surface area contributed by atoms with E-state index in [-0.39, 0.29) is 24.7 Å². The maximum absolute atomic E-state index is 12.8. The van der Waals surface area contributed by atoms with Gasteiger partial charge in [-0.2, -0.15) is 0 Å². The van der Waals surface area contributed by atoms with Gasteiger partial charge in [-0.1, -0.05) is 27.7 Å². The Morgan fingerprint density at radius 3 is 1.50 bits per heavy atom. The Morgan fingerprint density at radius 2 is 1.13 bits per heavy atom. The van der Waals surface area contributed by atoms with Crippen LogP contribution in [0.25, 0.3) is 0 Å². The van der Waals surface area contributed by atoms with Gasteiger partial charge in [-0.15, -0.1) is 0 Å². The normalized spacial score (nSPS) is 15.1. The molecular formula is C19H34N4O7. The Bertz CT molecular complexity index is 636. The predicted octanol–water partition coefficient (Wildman–Crippen LogP) is -0.560. The number of hydrogen-bond acceptors (Lipinski definition) is 6. The molecule has 0 aliphatic carbocycles. The zero-order chi connectivity index (χ0) is 23.6. The number of aliphatic carboxylic acids is 2. The van der Waals surface area contributed by atoms with Crippen molar-refractivity contribution in [2.45, 2.75) is 78.0 Å². The lowest BCUT2D eigenvalue weighted by atomic mass is 9.99. The standard InChI is InChI=1S/C19H34N4O7/c1-9(2)6-13(17(27)21-11(5)19(29)30)23-18(28)14(7-10(3)4)22-16(26)12(20)8-15(24)25/h9-14H,6-8,20H2,1-5H3,(H,21,27)(H,22,26)(H,23,28)(H,24,25)(H,29,30). The lowest BCUT2D eigenvalue weighted by molar-refractivity contribution is -0.142. The lowest BCUT2D eigenvalue weighted by Crippen LogP contribution is -2.57. The highest BCUT2D eigenvalue weighted by atomic mass is 16.4. The summed E-state index contributed by atoms with van der Waals surface area (Å²) in [6, 6.07) is -4.49. The first-order valence-corrected chi connectivity index (χ1v) is 9.85. The molecule has 3 amide bonds. The van der Waals surface area contributed by atoms with Crippen molar-refractivity contribution in [3.8, 4) is 0 Å². The zero-order valence-electron chi connectivity index (χ0n) is 18.1. The van der Waals surface area contributed by atoms with Crippen molar-refractivity contribution in [3.63, 3.8) is 0 Å². The third kappa shape index (κ3) is 10.7. The molecular weight excluding hydrogens is 396 g/mol. The molecule has 0 rings (SSSR count). The fraction of sp³-hybridized carbons (Fsp3) is 0.737. The highest BCUT2D eigenvalue weighted by Crippen LogP contribution is 2.09. The van der Waals surface area contributed by atoms with E-state index in [9.17, 15) is 24.0 Å². The van der Waals surface area contributed by atoms with Crippen molar-refractivity contribution < 1.29 is 34.2 Å². The minimum absolute atomic E-state index is 0.00107. The molecule has 0 heterocycles. The highest BCUT2D eigenvalue weighted by molar-refractivity contribution is 5.94. The lowest BCUT2D eigenvalue weighted by Gasteiger charge is -2.26. The predicted molar refractivity (Wildman–Crippen MR) is 108 cm³/mol. The number of nitrogens with one attached hydrogen (secondary N) is 3. The summed E-state index contributed by atoms with van der Waals surface area (Å²) in [4.78, 5) is 59.2. The van der Waals surface area contributed by atoms with Crippen molar-refractivity contribution in [3.05, 3.63) is 0 Å². The highest BCUT2D eigenvalue weighted by Gasteiger charge is 2.30. The van der Waals surface area contributed by atoms with Crippen LogP contribution in [-0.2, 0) is 24.0 Å². The zero-order valence-corrected chi connectivity index (χ0v) is 18.1. The van der Waals surface area contributed by atoms with Gasteiger partial charge in [0.15, 0.2) is 0 Å². The van der Waals surface area contributed by atoms with Gasteiger partial charge in [0.05, 0.1) is 12.5 Å². The molecule has 0 aromatic heterocycles. The molecule has 0 bridgehead atoms. The molecule has 0 aromatic rings. The molecule has 4 unspecified atom stereocenters. The van der Waals surface area contributed by atoms with E-state index in [0.717, 1.165) is 0 Å². The van der Waals surface area contributed by atoms with E-state index in [4.69, 9.17) is 15.9 Å². The minimum Gasteiger partial charge on any atom is -0.481 e. The fourth-order valence-corrected chi connectivity index (χ4v) is 2.61. The van der Waals surface area contributed by atoms with Crippen molar-refractivity contribution in [2.75, 3.05) is 0 Å². The van der Waals surface area contributed by atoms with Gasteiger partial charge in [-0.3, -0.25) is 24.0 Å². The average Bonchev–Trinajstić information content (AvgIpc) is 2.58. The molecule has 0 spiro atoms. The SMILES string of the molecule is CC(C)CC(NC(=O)C(N)CC(=O)O)C(=O)NC(CC(C)C)C(=O)NC(C)C(=O)O. The summed E-state index contributed by atoms with van der Waals surface area (Å²) in [5.41, 5.74) is 5.55. The minimum atomic E-state index is -1.32. The second-order valence-electron chi connectivity index (χ2n) is 8.15. The Balaban J connectivity index is 5.36. The molecule has 11 heteroatoms. The van der Waals surface area contributed by atoms with Crippen molar-refractivity contribution in [1.82, 2.24) is 16.0 Å². The summed E-state index contributed by atoms with van der Waals surface area (Å²) in [5.74, 6) is -4.52. The smallest absolute Gasteiger partial charge is 0.325 e. The number of nitrogens with two attached hydrogens (primary N) is 1. The van der Waals surface area contributed by atoms with Crippen LogP contribution < -0.4 is 21.7 Å². The average molecular weight is 431 g/mol. The Labute approximate surface area is 176 Å². The van der Waals surface area contributed by atoms with E-state index in [2.05, 4.69) is 16.0 Å². The molecule has 172 valence electrons. The second kappa shape index (κ2) is 12.8. The number of rotatable bonds is 13. The molecule has 0 saturated heterocycles. The van der Waals surface area contributed by atoms with Gasteiger partial charge in [-0.25, -0.2) is 0 Å². The van der Waals surface area contributed by atoms with Crippen LogP contribution in [0.3, 0.4) is 0 Å². The molecule has 0 fully saturated rings. The molecule has 0 aromatic carbocycles. The first-order chi connectivity index (χ1) is 13.7. The molecule has 7 N–H and O–H groups in total. The van der Waals surface area contributed by atoms with E-state index in [0.29, 0.717) is 0 Å². The molecule has 0 saturated carbocycles. The van der Waals surface area contributed by atoms with Crippen LogP contribution in [0.1, 0.15) is 53.9 Å². The quantitative estimate of drug-likeness (QED) is 0.224. The Kier molecular flexibility index (Phi) is 11.6. The third-order valence-corrected chi connectivity index (χ3v) is 4.14. The van der Waals surface area contributed by atoms with Gasteiger partial charge in [0.25, 0.3) is 0 Å². The largest absolute Gasteiger partial charge is 0.481 e. The molecule has 0 aliphatic rings. The van der Waals surface area contributed by atoms with Crippen LogP contribution in [0.15, 0.2) is 0 Å². The summed E-state index contributed by atoms with van der Waals surface area (Å²) in [6.45, 7) is 8.64. The van der Waals surface area contributed by atoms with E-state index < -0.39 is 60.2 Å². The second-order valence-corrected chi connectivity index (χ2v) is 8.15. The number of carboxylic acids is 2. The number of carbonyl (C=O) groups excluding carboxylic acids is 3. The van der Waals surface area contributed by atoms with Crippen LogP contribution in [0.5, 0.6) is 0 Å². The number of amides is 3. The maximum atomic E-state index is 12.8. The van der Waals surface area contributed by atoms with Crippen LogP contribution in [0.4, 0.5) is 0 Å². The van der Waals surface area contributed by atoms with Gasteiger partial charge in [-0.05, 0) is 31.6 Å². The van der Waals surface area contributed by atoms with Crippen LogP contribution in [-0.4, -0.2) is 64.0 Å². The number of hydrogen-bond donors (Lipinski definition) is 6. The molecule has 11 nitrogen and oxygen atoms in total. The number of carboxylic acid groups (broad SMARTS) is 2. The van der Waals surface area contributed by atoms with E-state index in [1.165, 1.54) is 6.92 Å². The van der Waals surface area contributed by atoms with Gasteiger partial charge < -0.3 is 31.9 Å². The summed E-state index contributed by atoms with van der Waals surface area (Å²) < 4.78 is 0. The van der Waals surface area contributed by atoms with E-state index >= 15 is 0 Å². The number of carbonyl (C=O) groups is 5.